The molecule has 6 heteroatoms. The molecule has 7 aromatic carbocycles. The van der Waals surface area contributed by atoms with Gasteiger partial charge in [-0.25, -0.2) is 4.98 Å². The van der Waals surface area contributed by atoms with E-state index >= 15 is 0 Å². The first-order valence-corrected chi connectivity index (χ1v) is 25.9. The van der Waals surface area contributed by atoms with Gasteiger partial charge in [-0.05, 0) is 110 Å². The van der Waals surface area contributed by atoms with Crippen molar-refractivity contribution < 1.29 is 21.1 Å². The van der Waals surface area contributed by atoms with E-state index < -0.39 is 0 Å². The first-order valence-electron chi connectivity index (χ1n) is 25.9. The van der Waals surface area contributed by atoms with Gasteiger partial charge in [0.1, 0.15) is 5.82 Å². The number of aromatic nitrogens is 2. The third-order valence-corrected chi connectivity index (χ3v) is 15.1. The maximum Gasteiger partial charge on any atom is 0.135 e. The monoisotopic (exact) mass is 1150 g/mol. The smallest absolute Gasteiger partial charge is 0.135 e. The molecule has 0 amide bonds. The number of pyridine rings is 1. The number of nitrogens with zero attached hydrogens (tertiary/aromatic N) is 5. The van der Waals surface area contributed by atoms with Crippen molar-refractivity contribution >= 4 is 50.2 Å². The van der Waals surface area contributed by atoms with Gasteiger partial charge in [0.15, 0.2) is 0 Å². The molecule has 0 atom stereocenters. The quantitative estimate of drug-likeness (QED) is 0.128. The number of hydrogen-bond acceptors (Lipinski definition) is 4. The van der Waals surface area contributed by atoms with Gasteiger partial charge in [0, 0.05) is 55.0 Å². The SMILES string of the molecule is CC(C)(C)c1cc(N2C=CN(c3cc(C(C)(C)c4ccccc4)cc(C(C)(C)c4ccccc4)c3)[CH-]2)[c-]c(N(c2[c-]c3c(cc2)c2cc(C(C)(C)C)ccc2n3-c2cc(C(C)(C)C)ccn2)c2ccccc2)c1.[Pt]. The minimum absolute atomic E-state index is 0. The summed E-state index contributed by atoms with van der Waals surface area (Å²) in [5, 5.41) is 2.33. The fraction of sp³-hybridized carbons (Fsp3) is 0.265. The zero-order chi connectivity index (χ0) is 51.7. The molecular formula is C68H70N5Pt-3. The van der Waals surface area contributed by atoms with Crippen LogP contribution in [0.25, 0.3) is 27.6 Å². The zero-order valence-electron chi connectivity index (χ0n) is 45.5. The molecule has 0 fully saturated rings. The van der Waals surface area contributed by atoms with Gasteiger partial charge in [0.05, 0.1) is 0 Å². The first kappa shape index (κ1) is 52.2. The second-order valence-corrected chi connectivity index (χ2v) is 24.1. The van der Waals surface area contributed by atoms with E-state index in [1.165, 1.54) is 44.3 Å². The molecule has 0 aliphatic carbocycles. The second kappa shape index (κ2) is 19.5. The van der Waals surface area contributed by atoms with Crippen molar-refractivity contribution in [2.75, 3.05) is 14.7 Å². The summed E-state index contributed by atoms with van der Waals surface area (Å²) < 4.78 is 2.31. The summed E-state index contributed by atoms with van der Waals surface area (Å²) in [7, 11) is 0. The van der Waals surface area contributed by atoms with Crippen molar-refractivity contribution in [2.24, 2.45) is 0 Å². The third-order valence-electron chi connectivity index (χ3n) is 15.1. The molecular weight excluding hydrogens is 1080 g/mol. The van der Waals surface area contributed by atoms with E-state index in [4.69, 9.17) is 4.98 Å². The Hall–Kier alpha value is -6.68. The third kappa shape index (κ3) is 10.0. The van der Waals surface area contributed by atoms with E-state index in [1.54, 1.807) is 0 Å². The number of fused-ring (bicyclic) bond motifs is 3. The molecule has 1 aliphatic heterocycles. The van der Waals surface area contributed by atoms with Crippen molar-refractivity contribution in [1.29, 1.82) is 0 Å². The molecule has 0 saturated carbocycles. The maximum atomic E-state index is 5.04. The molecule has 10 rings (SSSR count). The molecule has 380 valence electrons. The van der Waals surface area contributed by atoms with Gasteiger partial charge in [-0.1, -0.05) is 204 Å². The number of hydrogen-bond donors (Lipinski definition) is 0. The second-order valence-electron chi connectivity index (χ2n) is 24.1. The van der Waals surface area contributed by atoms with Crippen LogP contribution in [0.15, 0.2) is 182 Å². The Morgan fingerprint density at radius 3 is 1.58 bits per heavy atom. The molecule has 3 heterocycles. The summed E-state index contributed by atoms with van der Waals surface area (Å²) in [5.41, 5.74) is 15.1. The van der Waals surface area contributed by atoms with E-state index in [2.05, 4.69) is 304 Å². The van der Waals surface area contributed by atoms with Crippen LogP contribution < -0.4 is 14.7 Å². The summed E-state index contributed by atoms with van der Waals surface area (Å²) in [4.78, 5) is 11.8. The van der Waals surface area contributed by atoms with Gasteiger partial charge in [-0.15, -0.1) is 53.6 Å². The van der Waals surface area contributed by atoms with Crippen molar-refractivity contribution in [3.8, 4) is 5.82 Å². The molecule has 2 aromatic heterocycles. The molecule has 0 spiro atoms. The van der Waals surface area contributed by atoms with Crippen molar-refractivity contribution in [3.05, 3.63) is 240 Å². The summed E-state index contributed by atoms with van der Waals surface area (Å²) in [6.07, 6.45) is 6.28. The standard InChI is InChI=1S/C68H70N5.Pt/c1-64(2,3)49-29-32-61-60(42-49)59-31-30-55(45-62(59)73(61)63-43-50(33-34-69-63)65(4,5)6)72(54-27-21-16-22-28-54)58-39-51(66(7,8)9)38-57(44-58)71-36-35-70(46-71)56-40-52(67(10,11)47-23-17-14-18-24-47)37-53(41-56)68(12,13)48-25-19-15-20-26-48;/h14-43,46H,1-13H3;/q-3;. The number of anilines is 5. The van der Waals surface area contributed by atoms with Gasteiger partial charge in [0.2, 0.25) is 0 Å². The van der Waals surface area contributed by atoms with Crippen LogP contribution >= 0.6 is 0 Å². The van der Waals surface area contributed by atoms with Gasteiger partial charge >= 0.3 is 0 Å². The summed E-state index contributed by atoms with van der Waals surface area (Å²) in [5.74, 6) is 0.880. The van der Waals surface area contributed by atoms with Crippen LogP contribution in [-0.4, -0.2) is 9.55 Å². The van der Waals surface area contributed by atoms with Gasteiger partial charge in [-0.2, -0.15) is 6.07 Å². The van der Waals surface area contributed by atoms with E-state index in [0.717, 1.165) is 50.7 Å². The van der Waals surface area contributed by atoms with E-state index in [0.29, 0.717) is 0 Å². The summed E-state index contributed by atoms with van der Waals surface area (Å²) in [6.45, 7) is 32.0. The molecule has 1 aliphatic rings. The number of rotatable bonds is 10. The largest absolute Gasteiger partial charge is 0.500 e. The van der Waals surface area contributed by atoms with Crippen molar-refractivity contribution in [2.45, 2.75) is 117 Å². The maximum absolute atomic E-state index is 5.04. The first-order chi connectivity index (χ1) is 34.6. The Morgan fingerprint density at radius 1 is 0.446 bits per heavy atom. The predicted molar refractivity (Wildman–Crippen MR) is 309 cm³/mol. The fourth-order valence-electron chi connectivity index (χ4n) is 10.2. The topological polar surface area (TPSA) is 27.5 Å². The number of para-hydroxylation sites is 1. The Morgan fingerprint density at radius 2 is 1.00 bits per heavy atom. The van der Waals surface area contributed by atoms with Crippen LogP contribution in [0.2, 0.25) is 0 Å². The van der Waals surface area contributed by atoms with Crippen LogP contribution in [0.5, 0.6) is 0 Å². The molecule has 0 saturated heterocycles. The van der Waals surface area contributed by atoms with Crippen molar-refractivity contribution in [3.63, 3.8) is 0 Å². The Bertz CT molecular complexity index is 3420. The summed E-state index contributed by atoms with van der Waals surface area (Å²) >= 11 is 0. The zero-order valence-corrected chi connectivity index (χ0v) is 47.7. The van der Waals surface area contributed by atoms with E-state index in [1.807, 2.05) is 6.20 Å². The minimum atomic E-state index is -0.247. The fourth-order valence-corrected chi connectivity index (χ4v) is 10.2. The molecule has 0 bridgehead atoms. The van der Waals surface area contributed by atoms with Crippen LogP contribution in [0.1, 0.15) is 129 Å². The molecule has 0 radical (unpaired) electrons. The predicted octanol–water partition coefficient (Wildman–Crippen LogP) is 17.7. The van der Waals surface area contributed by atoms with Crippen LogP contribution in [0.3, 0.4) is 0 Å². The Kier molecular flexibility index (Phi) is 13.8. The normalized spacial score (nSPS) is 13.5. The average Bonchev–Trinajstić information content (AvgIpc) is 4.00. The van der Waals surface area contributed by atoms with Crippen LogP contribution in [0.4, 0.5) is 28.4 Å². The van der Waals surface area contributed by atoms with E-state index in [-0.39, 0.29) is 48.1 Å². The summed E-state index contributed by atoms with van der Waals surface area (Å²) in [6, 6.07) is 67.9. The van der Waals surface area contributed by atoms with Crippen LogP contribution in [-0.2, 0) is 48.1 Å². The molecule has 9 aromatic rings. The molecule has 74 heavy (non-hydrogen) atoms. The Labute approximate surface area is 455 Å². The minimum Gasteiger partial charge on any atom is -0.500 e. The van der Waals surface area contributed by atoms with Gasteiger partial charge in [0.25, 0.3) is 0 Å². The number of benzene rings is 7. The van der Waals surface area contributed by atoms with Crippen molar-refractivity contribution in [1.82, 2.24) is 9.55 Å². The average molecular weight is 1150 g/mol. The van der Waals surface area contributed by atoms with E-state index in [9.17, 15) is 0 Å². The van der Waals surface area contributed by atoms with Gasteiger partial charge < -0.3 is 19.3 Å². The molecule has 0 N–H and O–H groups in total. The molecule has 5 nitrogen and oxygen atoms in total. The molecule has 0 unspecified atom stereocenters. The Balaban J connectivity index is 0.00000672. The van der Waals surface area contributed by atoms with Crippen LogP contribution in [0, 0.1) is 18.8 Å². The van der Waals surface area contributed by atoms with Gasteiger partial charge in [-0.3, -0.25) is 0 Å².